The third-order valence-electron chi connectivity index (χ3n) is 4.97. The number of thioether (sulfide) groups is 1. The minimum atomic E-state index is 0. The molecule has 6 heteroatoms. The first-order chi connectivity index (χ1) is 10.6. The Morgan fingerprint density at radius 1 is 1.43 bits per heavy atom. The van der Waals surface area contributed by atoms with Gasteiger partial charge in [-0.25, -0.2) is 0 Å². The fourth-order valence-electron chi connectivity index (χ4n) is 3.66. The summed E-state index contributed by atoms with van der Waals surface area (Å²) in [7, 11) is 0. The zero-order chi connectivity index (χ0) is 15.7. The van der Waals surface area contributed by atoms with Gasteiger partial charge in [-0.15, -0.1) is 24.2 Å². The molecule has 3 N–H and O–H groups in total. The van der Waals surface area contributed by atoms with E-state index in [1.54, 1.807) is 0 Å². The summed E-state index contributed by atoms with van der Waals surface area (Å²) in [5, 5.41) is 3.33. The summed E-state index contributed by atoms with van der Waals surface area (Å²) in [6, 6.07) is 6.48. The number of hydrogen-bond donors (Lipinski definition) is 2. The lowest BCUT2D eigenvalue weighted by atomic mass is 9.91. The second kappa shape index (κ2) is 8.24. The van der Waals surface area contributed by atoms with Crippen molar-refractivity contribution >= 4 is 46.0 Å². The van der Waals surface area contributed by atoms with Crippen molar-refractivity contribution in [2.24, 2.45) is 23.5 Å². The minimum absolute atomic E-state index is 0. The van der Waals surface area contributed by atoms with Crippen LogP contribution in [-0.2, 0) is 4.79 Å². The van der Waals surface area contributed by atoms with E-state index in [0.29, 0.717) is 18.4 Å². The zero-order valence-corrected chi connectivity index (χ0v) is 16.5. The zero-order valence-electron chi connectivity index (χ0n) is 13.3. The molecule has 1 aliphatic carbocycles. The maximum absolute atomic E-state index is 12.7. The Balaban J connectivity index is 0.00000192. The van der Waals surface area contributed by atoms with Crippen LogP contribution in [0.25, 0.3) is 0 Å². The molecule has 0 bridgehead atoms. The Hall–Kier alpha value is -0.230. The molecule has 1 aromatic rings. The third-order valence-corrected chi connectivity index (χ3v) is 6.84. The molecule has 0 saturated heterocycles. The molecule has 4 atom stereocenters. The van der Waals surface area contributed by atoms with Crippen molar-refractivity contribution in [2.45, 2.75) is 37.1 Å². The van der Waals surface area contributed by atoms with Gasteiger partial charge < -0.3 is 11.1 Å². The van der Waals surface area contributed by atoms with Crippen LogP contribution in [0, 0.1) is 17.8 Å². The summed E-state index contributed by atoms with van der Waals surface area (Å²) in [6.45, 7) is 2.84. The average molecular weight is 420 g/mol. The molecule has 23 heavy (non-hydrogen) atoms. The van der Waals surface area contributed by atoms with Crippen molar-refractivity contribution in [1.29, 1.82) is 0 Å². The largest absolute Gasteiger partial charge is 0.349 e. The van der Waals surface area contributed by atoms with Crippen LogP contribution in [0.4, 0.5) is 0 Å². The van der Waals surface area contributed by atoms with E-state index in [0.717, 1.165) is 29.5 Å². The number of amides is 1. The first-order valence-corrected chi connectivity index (χ1v) is 9.80. The van der Waals surface area contributed by atoms with Gasteiger partial charge in [0.1, 0.15) is 0 Å². The van der Waals surface area contributed by atoms with Crippen LogP contribution >= 0.6 is 40.1 Å². The molecule has 2 aliphatic rings. The summed E-state index contributed by atoms with van der Waals surface area (Å²) in [5.41, 5.74) is 7.07. The van der Waals surface area contributed by atoms with Crippen LogP contribution in [0.15, 0.2) is 27.6 Å². The first-order valence-electron chi connectivity index (χ1n) is 8.03. The molecular weight excluding hydrogens is 396 g/mol. The van der Waals surface area contributed by atoms with Gasteiger partial charge in [-0.3, -0.25) is 4.79 Å². The summed E-state index contributed by atoms with van der Waals surface area (Å²) in [5.74, 6) is 2.14. The van der Waals surface area contributed by atoms with Gasteiger partial charge in [0, 0.05) is 21.0 Å². The number of carbonyl (C=O) groups is 1. The molecule has 128 valence electrons. The van der Waals surface area contributed by atoms with E-state index in [9.17, 15) is 4.79 Å². The van der Waals surface area contributed by atoms with Crippen LogP contribution < -0.4 is 11.1 Å². The van der Waals surface area contributed by atoms with E-state index < -0.39 is 0 Å². The Morgan fingerprint density at radius 2 is 2.22 bits per heavy atom. The van der Waals surface area contributed by atoms with Crippen molar-refractivity contribution in [1.82, 2.24) is 5.32 Å². The smallest absolute Gasteiger partial charge is 0.223 e. The number of fused-ring (bicyclic) bond motifs is 1. The molecule has 1 aliphatic heterocycles. The van der Waals surface area contributed by atoms with Gasteiger partial charge in [-0.2, -0.15) is 0 Å². The van der Waals surface area contributed by atoms with E-state index >= 15 is 0 Å². The maximum Gasteiger partial charge on any atom is 0.223 e. The summed E-state index contributed by atoms with van der Waals surface area (Å²) >= 11 is 5.43. The number of benzene rings is 1. The second-order valence-corrected chi connectivity index (χ2v) is 8.47. The molecule has 1 saturated carbocycles. The van der Waals surface area contributed by atoms with Crippen LogP contribution in [-0.4, -0.2) is 18.2 Å². The maximum atomic E-state index is 12.7. The molecule has 2 unspecified atom stereocenters. The Labute approximate surface area is 157 Å². The number of hydrogen-bond acceptors (Lipinski definition) is 3. The van der Waals surface area contributed by atoms with Crippen molar-refractivity contribution in [3.63, 3.8) is 0 Å². The molecule has 3 nitrogen and oxygen atoms in total. The van der Waals surface area contributed by atoms with Gasteiger partial charge >= 0.3 is 0 Å². The topological polar surface area (TPSA) is 55.1 Å². The highest BCUT2D eigenvalue weighted by atomic mass is 79.9. The summed E-state index contributed by atoms with van der Waals surface area (Å²) in [4.78, 5) is 14.0. The monoisotopic (exact) mass is 418 g/mol. The first kappa shape index (κ1) is 19.1. The lowest BCUT2D eigenvalue weighted by Crippen LogP contribution is -2.40. The van der Waals surface area contributed by atoms with Gasteiger partial charge in [-0.05, 0) is 55.0 Å². The summed E-state index contributed by atoms with van der Waals surface area (Å²) in [6.07, 6.45) is 3.19. The fourth-order valence-corrected chi connectivity index (χ4v) is 5.19. The third kappa shape index (κ3) is 4.06. The van der Waals surface area contributed by atoms with Gasteiger partial charge in [0.05, 0.1) is 6.04 Å². The molecule has 1 heterocycles. The highest BCUT2D eigenvalue weighted by Gasteiger charge is 2.35. The molecule has 0 spiro atoms. The number of nitrogens with two attached hydrogens (primary N) is 1. The van der Waals surface area contributed by atoms with Gasteiger partial charge in [0.25, 0.3) is 0 Å². The molecule has 0 aromatic heterocycles. The quantitative estimate of drug-likeness (QED) is 0.774. The van der Waals surface area contributed by atoms with E-state index in [4.69, 9.17) is 5.73 Å². The number of nitrogens with one attached hydrogen (secondary N) is 1. The Kier molecular flexibility index (Phi) is 6.84. The second-order valence-electron chi connectivity index (χ2n) is 6.49. The van der Waals surface area contributed by atoms with Gasteiger partial charge in [-0.1, -0.05) is 29.3 Å². The summed E-state index contributed by atoms with van der Waals surface area (Å²) < 4.78 is 1.07. The Bertz CT molecular complexity index is 572. The number of halogens is 2. The van der Waals surface area contributed by atoms with Crippen LogP contribution in [0.1, 0.15) is 37.8 Å². The van der Waals surface area contributed by atoms with E-state index in [-0.39, 0.29) is 30.3 Å². The Morgan fingerprint density at radius 3 is 2.96 bits per heavy atom. The minimum Gasteiger partial charge on any atom is -0.349 e. The lowest BCUT2D eigenvalue weighted by molar-refractivity contribution is -0.127. The average Bonchev–Trinajstić information content (AvgIpc) is 2.99. The molecule has 0 radical (unpaired) electrons. The highest BCUT2D eigenvalue weighted by Crippen LogP contribution is 2.41. The van der Waals surface area contributed by atoms with Gasteiger partial charge in [0.2, 0.25) is 5.91 Å². The van der Waals surface area contributed by atoms with E-state index in [1.807, 2.05) is 11.8 Å². The van der Waals surface area contributed by atoms with E-state index in [2.05, 4.69) is 46.4 Å². The highest BCUT2D eigenvalue weighted by molar-refractivity contribution is 9.10. The van der Waals surface area contributed by atoms with Crippen LogP contribution in [0.3, 0.4) is 0 Å². The van der Waals surface area contributed by atoms with Crippen molar-refractivity contribution in [2.75, 3.05) is 12.3 Å². The molecule has 1 amide bonds. The predicted molar refractivity (Wildman–Crippen MR) is 102 cm³/mol. The van der Waals surface area contributed by atoms with Crippen molar-refractivity contribution in [3.05, 3.63) is 28.2 Å². The number of carbonyl (C=O) groups excluding carboxylic acids is 1. The lowest BCUT2D eigenvalue weighted by Gasteiger charge is -2.33. The molecule has 1 fully saturated rings. The van der Waals surface area contributed by atoms with Crippen molar-refractivity contribution in [3.8, 4) is 0 Å². The van der Waals surface area contributed by atoms with E-state index in [1.165, 1.54) is 10.5 Å². The fraction of sp³-hybridized carbons (Fsp3) is 0.588. The van der Waals surface area contributed by atoms with Crippen LogP contribution in [0.5, 0.6) is 0 Å². The SMILES string of the molecule is CC1CSc2ccc(Br)cc2C1NC(=O)[C@@H]1CCC[C@@H]1CN.Cl. The van der Waals surface area contributed by atoms with Gasteiger partial charge in [0.15, 0.2) is 0 Å². The molecule has 1 aromatic carbocycles. The van der Waals surface area contributed by atoms with Crippen LogP contribution in [0.2, 0.25) is 0 Å². The number of rotatable bonds is 3. The molecule has 3 rings (SSSR count). The van der Waals surface area contributed by atoms with Crippen molar-refractivity contribution < 1.29 is 4.79 Å². The molecular formula is C17H24BrClN2OS. The standard InChI is InChI=1S/C17H23BrN2OS.ClH/c1-10-9-22-15-6-5-12(18)7-14(15)16(10)20-17(21)13-4-2-3-11(13)8-19;/h5-7,10-11,13,16H,2-4,8-9,19H2,1H3,(H,20,21);1H/t10?,11-,13-,16?;/m1./s1. The normalized spacial score (nSPS) is 29.5. The predicted octanol–water partition coefficient (Wildman–Crippen LogP) is 4.15.